The van der Waals surface area contributed by atoms with Crippen molar-refractivity contribution in [3.8, 4) is 17.1 Å². The maximum atomic E-state index is 15.2. The average molecular weight is 502 g/mol. The van der Waals surface area contributed by atoms with Crippen molar-refractivity contribution in [3.63, 3.8) is 0 Å². The normalized spacial score (nSPS) is 11.7. The maximum Gasteiger partial charge on any atom is 0.422 e. The molecule has 0 aliphatic carbocycles. The fourth-order valence-corrected chi connectivity index (χ4v) is 3.78. The summed E-state index contributed by atoms with van der Waals surface area (Å²) in [5.41, 5.74) is 2.69. The molecule has 4 aromatic rings. The monoisotopic (exact) mass is 502 g/mol. The zero-order valence-electron chi connectivity index (χ0n) is 19.4. The van der Waals surface area contributed by atoms with E-state index in [0.29, 0.717) is 47.2 Å². The maximum absolute atomic E-state index is 15.2. The molecule has 0 saturated heterocycles. The van der Waals surface area contributed by atoms with Gasteiger partial charge in [-0.25, -0.2) is 18.7 Å². The first-order valence-corrected chi connectivity index (χ1v) is 11.2. The standard InChI is InChI=1S/C27H23F5N2O2/c1-35-11-10-18-14-33-26(34-15-18)21-7-8-22-20(13-21)6-5-19(25(22)29)4-2-17-3-9-24(23(28)12-17)36-16-27(30,31)32/h3,5-9,12-15H,2,4,10-11,16H2,1H3. The van der Waals surface area contributed by atoms with E-state index in [0.717, 1.165) is 23.3 Å². The van der Waals surface area contributed by atoms with Crippen LogP contribution in [0.2, 0.25) is 0 Å². The Bertz CT molecular complexity index is 1340. The summed E-state index contributed by atoms with van der Waals surface area (Å²) in [6.45, 7) is -0.990. The van der Waals surface area contributed by atoms with Gasteiger partial charge in [-0.05, 0) is 59.5 Å². The summed E-state index contributed by atoms with van der Waals surface area (Å²) in [6.07, 6.45) is 0.241. The summed E-state index contributed by atoms with van der Waals surface area (Å²) in [5.74, 6) is -1.21. The molecule has 0 amide bonds. The van der Waals surface area contributed by atoms with E-state index in [1.54, 1.807) is 43.8 Å². The van der Waals surface area contributed by atoms with Crippen molar-refractivity contribution in [1.82, 2.24) is 9.97 Å². The fraction of sp³-hybridized carbons (Fsp3) is 0.259. The van der Waals surface area contributed by atoms with Gasteiger partial charge in [0.05, 0.1) is 6.61 Å². The van der Waals surface area contributed by atoms with E-state index < -0.39 is 24.3 Å². The lowest BCUT2D eigenvalue weighted by atomic mass is 9.99. The van der Waals surface area contributed by atoms with E-state index in [1.165, 1.54) is 6.07 Å². The lowest BCUT2D eigenvalue weighted by Crippen LogP contribution is -2.19. The van der Waals surface area contributed by atoms with Gasteiger partial charge in [0.15, 0.2) is 24.0 Å². The highest BCUT2D eigenvalue weighted by Crippen LogP contribution is 2.27. The number of fused-ring (bicyclic) bond motifs is 1. The Morgan fingerprint density at radius 2 is 1.61 bits per heavy atom. The Kier molecular flexibility index (Phi) is 7.79. The number of nitrogens with zero attached hydrogens (tertiary/aromatic N) is 2. The predicted molar refractivity (Wildman–Crippen MR) is 126 cm³/mol. The number of halogens is 5. The minimum Gasteiger partial charge on any atom is -0.481 e. The van der Waals surface area contributed by atoms with Crippen molar-refractivity contribution >= 4 is 10.8 Å². The van der Waals surface area contributed by atoms with Crippen LogP contribution in [0.15, 0.2) is 60.9 Å². The van der Waals surface area contributed by atoms with Gasteiger partial charge in [-0.2, -0.15) is 13.2 Å². The smallest absolute Gasteiger partial charge is 0.422 e. The molecule has 1 aromatic heterocycles. The molecule has 1 heterocycles. The van der Waals surface area contributed by atoms with Crippen molar-refractivity contribution in [1.29, 1.82) is 0 Å². The van der Waals surface area contributed by atoms with E-state index in [1.807, 2.05) is 6.07 Å². The lowest BCUT2D eigenvalue weighted by molar-refractivity contribution is -0.153. The topological polar surface area (TPSA) is 44.2 Å². The van der Waals surface area contributed by atoms with Crippen LogP contribution in [0, 0.1) is 11.6 Å². The largest absolute Gasteiger partial charge is 0.481 e. The molecule has 188 valence electrons. The van der Waals surface area contributed by atoms with Crippen molar-refractivity contribution < 1.29 is 31.4 Å². The number of methoxy groups -OCH3 is 1. The minimum atomic E-state index is -4.55. The molecule has 3 aromatic carbocycles. The Morgan fingerprint density at radius 1 is 0.833 bits per heavy atom. The summed E-state index contributed by atoms with van der Waals surface area (Å²) >= 11 is 0. The van der Waals surface area contributed by atoms with Crippen molar-refractivity contribution in [2.45, 2.75) is 25.4 Å². The highest BCUT2D eigenvalue weighted by Gasteiger charge is 2.29. The number of hydrogen-bond acceptors (Lipinski definition) is 4. The molecular weight excluding hydrogens is 479 g/mol. The van der Waals surface area contributed by atoms with Gasteiger partial charge in [-0.15, -0.1) is 0 Å². The van der Waals surface area contributed by atoms with Crippen LogP contribution in [-0.2, 0) is 24.0 Å². The quantitative estimate of drug-likeness (QED) is 0.246. The van der Waals surface area contributed by atoms with Gasteiger partial charge in [0.25, 0.3) is 0 Å². The number of ether oxygens (including phenoxy) is 2. The summed E-state index contributed by atoms with van der Waals surface area (Å²) in [4.78, 5) is 8.79. The molecule has 0 bridgehead atoms. The molecular formula is C27H23F5N2O2. The Balaban J connectivity index is 1.45. The molecule has 0 saturated carbocycles. The number of rotatable bonds is 9. The number of hydrogen-bond donors (Lipinski definition) is 0. The van der Waals surface area contributed by atoms with E-state index in [4.69, 9.17) is 4.74 Å². The molecule has 4 rings (SSSR count). The highest BCUT2D eigenvalue weighted by molar-refractivity contribution is 5.87. The molecule has 0 unspecified atom stereocenters. The van der Waals surface area contributed by atoms with Crippen LogP contribution in [0.3, 0.4) is 0 Å². The first kappa shape index (κ1) is 25.5. The summed E-state index contributed by atoms with van der Waals surface area (Å²) in [6, 6.07) is 12.5. The molecule has 0 radical (unpaired) electrons. The van der Waals surface area contributed by atoms with Gasteiger partial charge in [-0.1, -0.05) is 30.3 Å². The second kappa shape index (κ2) is 11.0. The second-order valence-corrected chi connectivity index (χ2v) is 8.30. The molecule has 0 N–H and O–H groups in total. The SMILES string of the molecule is COCCc1cnc(-c2ccc3c(F)c(CCc4ccc(OCC(F)(F)F)c(F)c4)ccc3c2)nc1. The second-order valence-electron chi connectivity index (χ2n) is 8.30. The van der Waals surface area contributed by atoms with Crippen LogP contribution in [0.4, 0.5) is 22.0 Å². The lowest BCUT2D eigenvalue weighted by Gasteiger charge is -2.11. The Hall–Kier alpha value is -3.59. The van der Waals surface area contributed by atoms with Gasteiger partial charge in [0, 0.05) is 30.5 Å². The molecule has 4 nitrogen and oxygen atoms in total. The zero-order valence-corrected chi connectivity index (χ0v) is 19.4. The van der Waals surface area contributed by atoms with E-state index in [-0.39, 0.29) is 12.2 Å². The van der Waals surface area contributed by atoms with E-state index in [9.17, 15) is 17.6 Å². The fourth-order valence-electron chi connectivity index (χ4n) is 3.78. The Morgan fingerprint density at radius 3 is 2.31 bits per heavy atom. The third-order valence-electron chi connectivity index (χ3n) is 5.66. The predicted octanol–water partition coefficient (Wildman–Crippen LogP) is 6.49. The summed E-state index contributed by atoms with van der Waals surface area (Å²) in [5, 5.41) is 1.13. The van der Waals surface area contributed by atoms with Crippen LogP contribution >= 0.6 is 0 Å². The van der Waals surface area contributed by atoms with Gasteiger partial charge in [0.2, 0.25) is 0 Å². The van der Waals surface area contributed by atoms with Crippen LogP contribution in [0.1, 0.15) is 16.7 Å². The molecule has 9 heteroatoms. The van der Waals surface area contributed by atoms with Crippen LogP contribution in [-0.4, -0.2) is 36.5 Å². The Labute approximate surface area is 204 Å². The number of aromatic nitrogens is 2. The number of benzene rings is 3. The summed E-state index contributed by atoms with van der Waals surface area (Å²) < 4.78 is 75.7. The summed E-state index contributed by atoms with van der Waals surface area (Å²) in [7, 11) is 1.63. The molecule has 0 aliphatic rings. The molecule has 0 atom stereocenters. The molecule has 0 aliphatic heterocycles. The van der Waals surface area contributed by atoms with Gasteiger partial charge >= 0.3 is 6.18 Å². The van der Waals surface area contributed by atoms with Crippen LogP contribution in [0.5, 0.6) is 5.75 Å². The minimum absolute atomic E-state index is 0.289. The number of aryl methyl sites for hydroxylation is 2. The van der Waals surface area contributed by atoms with E-state index >= 15 is 4.39 Å². The average Bonchev–Trinajstić information content (AvgIpc) is 2.86. The highest BCUT2D eigenvalue weighted by atomic mass is 19.4. The van der Waals surface area contributed by atoms with Crippen molar-refractivity contribution in [2.24, 2.45) is 0 Å². The van der Waals surface area contributed by atoms with Crippen LogP contribution in [0.25, 0.3) is 22.2 Å². The number of alkyl halides is 3. The van der Waals surface area contributed by atoms with Gasteiger partial charge in [-0.3, -0.25) is 0 Å². The first-order valence-electron chi connectivity index (χ1n) is 11.2. The van der Waals surface area contributed by atoms with Gasteiger partial charge < -0.3 is 9.47 Å². The van der Waals surface area contributed by atoms with Gasteiger partial charge in [0.1, 0.15) is 5.82 Å². The van der Waals surface area contributed by atoms with Crippen molar-refractivity contribution in [2.75, 3.05) is 20.3 Å². The molecule has 36 heavy (non-hydrogen) atoms. The third kappa shape index (κ3) is 6.34. The van der Waals surface area contributed by atoms with E-state index in [2.05, 4.69) is 14.7 Å². The zero-order chi connectivity index (χ0) is 25.7. The van der Waals surface area contributed by atoms with Crippen LogP contribution < -0.4 is 4.74 Å². The first-order chi connectivity index (χ1) is 17.2. The molecule has 0 spiro atoms. The third-order valence-corrected chi connectivity index (χ3v) is 5.66. The molecule has 0 fully saturated rings. The van der Waals surface area contributed by atoms with Crippen molar-refractivity contribution in [3.05, 3.63) is 89.2 Å².